The largest absolute Gasteiger partial charge is 0.363 e. The Morgan fingerprint density at radius 2 is 1.86 bits per heavy atom. The number of H-pyrrole nitrogens is 1. The van der Waals surface area contributed by atoms with Gasteiger partial charge in [0.15, 0.2) is 0 Å². The number of aromatic nitrogens is 4. The standard InChI is InChI=1S/C17H15N5/c1-11(12-5-3-2-4-6-12)22-17-13-7-15-16(20-9-19-15)8-14(13)18-10-21-17/h2-11H,1H3,(H,19,20)(H,18,21,22). The molecule has 0 saturated heterocycles. The van der Waals surface area contributed by atoms with Gasteiger partial charge in [0.25, 0.3) is 0 Å². The van der Waals surface area contributed by atoms with Gasteiger partial charge in [-0.15, -0.1) is 0 Å². The zero-order valence-electron chi connectivity index (χ0n) is 12.1. The van der Waals surface area contributed by atoms with Crippen molar-refractivity contribution in [3.05, 3.63) is 60.7 Å². The third-order valence-electron chi connectivity index (χ3n) is 3.83. The summed E-state index contributed by atoms with van der Waals surface area (Å²) in [4.78, 5) is 16.2. The Hall–Kier alpha value is -2.95. The highest BCUT2D eigenvalue weighted by atomic mass is 15.0. The molecular weight excluding hydrogens is 274 g/mol. The number of imidazole rings is 1. The first-order valence-electron chi connectivity index (χ1n) is 7.20. The first-order chi connectivity index (χ1) is 10.8. The van der Waals surface area contributed by atoms with Crippen LogP contribution < -0.4 is 5.32 Å². The second-order valence-electron chi connectivity index (χ2n) is 5.29. The van der Waals surface area contributed by atoms with Gasteiger partial charge in [0.05, 0.1) is 22.9 Å². The number of benzene rings is 2. The number of anilines is 1. The van der Waals surface area contributed by atoms with Crippen LogP contribution in [0.2, 0.25) is 0 Å². The molecule has 4 aromatic rings. The van der Waals surface area contributed by atoms with Crippen molar-refractivity contribution in [2.75, 3.05) is 5.32 Å². The molecule has 0 bridgehead atoms. The molecule has 2 aromatic carbocycles. The number of nitrogens with one attached hydrogen (secondary N) is 2. The van der Waals surface area contributed by atoms with Crippen LogP contribution in [0.3, 0.4) is 0 Å². The Labute approximate surface area is 127 Å². The van der Waals surface area contributed by atoms with Gasteiger partial charge in [0.2, 0.25) is 0 Å². The van der Waals surface area contributed by atoms with Crippen LogP contribution in [0.5, 0.6) is 0 Å². The molecule has 0 amide bonds. The van der Waals surface area contributed by atoms with Crippen LogP contribution in [-0.2, 0) is 0 Å². The Morgan fingerprint density at radius 3 is 2.73 bits per heavy atom. The van der Waals surface area contributed by atoms with Crippen LogP contribution >= 0.6 is 0 Å². The molecule has 5 nitrogen and oxygen atoms in total. The van der Waals surface area contributed by atoms with Crippen molar-refractivity contribution in [2.24, 2.45) is 0 Å². The SMILES string of the molecule is CC(Nc1ncnc2cc3nc[nH]c3cc12)c1ccccc1. The van der Waals surface area contributed by atoms with E-state index in [1.165, 1.54) is 5.56 Å². The molecule has 0 saturated carbocycles. The second-order valence-corrected chi connectivity index (χ2v) is 5.29. The summed E-state index contributed by atoms with van der Waals surface area (Å²) >= 11 is 0. The molecule has 0 aliphatic carbocycles. The van der Waals surface area contributed by atoms with Gasteiger partial charge in [-0.05, 0) is 24.6 Å². The molecule has 4 rings (SSSR count). The molecule has 22 heavy (non-hydrogen) atoms. The van der Waals surface area contributed by atoms with E-state index in [9.17, 15) is 0 Å². The molecule has 0 aliphatic rings. The van der Waals surface area contributed by atoms with Crippen molar-refractivity contribution in [1.29, 1.82) is 0 Å². The van der Waals surface area contributed by atoms with Crippen LogP contribution in [0, 0.1) is 0 Å². The van der Waals surface area contributed by atoms with E-state index in [1.807, 2.05) is 30.3 Å². The number of nitrogens with zero attached hydrogens (tertiary/aromatic N) is 3. The zero-order chi connectivity index (χ0) is 14.9. The van der Waals surface area contributed by atoms with E-state index in [-0.39, 0.29) is 6.04 Å². The molecule has 0 spiro atoms. The minimum atomic E-state index is 0.164. The average molecular weight is 289 g/mol. The predicted molar refractivity (Wildman–Crippen MR) is 87.7 cm³/mol. The van der Waals surface area contributed by atoms with Crippen molar-refractivity contribution in [2.45, 2.75) is 13.0 Å². The van der Waals surface area contributed by atoms with Gasteiger partial charge in [0.1, 0.15) is 12.1 Å². The predicted octanol–water partition coefficient (Wildman–Crippen LogP) is 3.68. The fourth-order valence-electron chi connectivity index (χ4n) is 2.63. The minimum Gasteiger partial charge on any atom is -0.363 e. The normalized spacial score (nSPS) is 12.6. The molecule has 0 aliphatic heterocycles. The van der Waals surface area contributed by atoms with E-state index >= 15 is 0 Å². The fourth-order valence-corrected chi connectivity index (χ4v) is 2.63. The summed E-state index contributed by atoms with van der Waals surface area (Å²) in [7, 11) is 0. The molecule has 0 fully saturated rings. The van der Waals surface area contributed by atoms with Crippen LogP contribution in [0.4, 0.5) is 5.82 Å². The number of fused-ring (bicyclic) bond motifs is 2. The first-order valence-corrected chi connectivity index (χ1v) is 7.20. The lowest BCUT2D eigenvalue weighted by Gasteiger charge is -2.16. The van der Waals surface area contributed by atoms with Crippen molar-refractivity contribution in [3.8, 4) is 0 Å². The molecule has 2 N–H and O–H groups in total. The number of hydrogen-bond donors (Lipinski definition) is 2. The van der Waals surface area contributed by atoms with Gasteiger partial charge >= 0.3 is 0 Å². The maximum atomic E-state index is 4.41. The van der Waals surface area contributed by atoms with Crippen LogP contribution in [-0.4, -0.2) is 19.9 Å². The molecular formula is C17H15N5. The average Bonchev–Trinajstić information content (AvgIpc) is 3.01. The van der Waals surface area contributed by atoms with Crippen molar-refractivity contribution in [1.82, 2.24) is 19.9 Å². The molecule has 1 unspecified atom stereocenters. The Morgan fingerprint density at radius 1 is 1.00 bits per heavy atom. The van der Waals surface area contributed by atoms with Crippen LogP contribution in [0.15, 0.2) is 55.1 Å². The molecule has 0 radical (unpaired) electrons. The van der Waals surface area contributed by atoms with Gasteiger partial charge in [-0.25, -0.2) is 15.0 Å². The Kier molecular flexibility index (Phi) is 2.96. The van der Waals surface area contributed by atoms with E-state index in [0.717, 1.165) is 27.8 Å². The maximum Gasteiger partial charge on any atom is 0.137 e. The molecule has 2 aromatic heterocycles. The van der Waals surface area contributed by atoms with Crippen molar-refractivity contribution in [3.63, 3.8) is 0 Å². The van der Waals surface area contributed by atoms with Gasteiger partial charge in [-0.2, -0.15) is 0 Å². The van der Waals surface area contributed by atoms with Crippen LogP contribution in [0.1, 0.15) is 18.5 Å². The number of aromatic amines is 1. The topological polar surface area (TPSA) is 66.5 Å². The summed E-state index contributed by atoms with van der Waals surface area (Å²) in [6.45, 7) is 2.12. The minimum absolute atomic E-state index is 0.164. The monoisotopic (exact) mass is 289 g/mol. The highest BCUT2D eigenvalue weighted by molar-refractivity contribution is 5.98. The van der Waals surface area contributed by atoms with Gasteiger partial charge in [0, 0.05) is 11.4 Å². The molecule has 2 heterocycles. The highest BCUT2D eigenvalue weighted by Gasteiger charge is 2.10. The number of hydrogen-bond acceptors (Lipinski definition) is 4. The van der Waals surface area contributed by atoms with Gasteiger partial charge in [-0.3, -0.25) is 0 Å². The number of rotatable bonds is 3. The van der Waals surface area contributed by atoms with Crippen molar-refractivity contribution < 1.29 is 0 Å². The van der Waals surface area contributed by atoms with E-state index in [1.54, 1.807) is 12.7 Å². The quantitative estimate of drug-likeness (QED) is 0.604. The molecule has 108 valence electrons. The summed E-state index contributed by atoms with van der Waals surface area (Å²) in [5.41, 5.74) is 4.00. The third-order valence-corrected chi connectivity index (χ3v) is 3.83. The Balaban J connectivity index is 1.77. The summed E-state index contributed by atoms with van der Waals surface area (Å²) in [5.74, 6) is 0.831. The summed E-state index contributed by atoms with van der Waals surface area (Å²) in [5, 5.41) is 4.46. The van der Waals surface area contributed by atoms with E-state index in [4.69, 9.17) is 0 Å². The third kappa shape index (κ3) is 2.16. The lowest BCUT2D eigenvalue weighted by molar-refractivity contribution is 0.876. The maximum absolute atomic E-state index is 4.41. The van der Waals surface area contributed by atoms with Crippen LogP contribution in [0.25, 0.3) is 21.9 Å². The van der Waals surface area contributed by atoms with Gasteiger partial charge < -0.3 is 10.3 Å². The summed E-state index contributed by atoms with van der Waals surface area (Å²) in [6.07, 6.45) is 3.28. The highest BCUT2D eigenvalue weighted by Crippen LogP contribution is 2.26. The summed E-state index contributed by atoms with van der Waals surface area (Å²) < 4.78 is 0. The first kappa shape index (κ1) is 12.8. The smallest absolute Gasteiger partial charge is 0.137 e. The van der Waals surface area contributed by atoms with Crippen molar-refractivity contribution >= 4 is 27.8 Å². The fraction of sp³-hybridized carbons (Fsp3) is 0.118. The zero-order valence-corrected chi connectivity index (χ0v) is 12.1. The molecule has 1 atom stereocenters. The van der Waals surface area contributed by atoms with Gasteiger partial charge in [-0.1, -0.05) is 30.3 Å². The Bertz CT molecular complexity index is 930. The lowest BCUT2D eigenvalue weighted by Crippen LogP contribution is -2.08. The molecule has 5 heteroatoms. The van der Waals surface area contributed by atoms with E-state index in [0.29, 0.717) is 0 Å². The second kappa shape index (κ2) is 5.11. The van der Waals surface area contributed by atoms with E-state index in [2.05, 4.69) is 44.3 Å². The summed E-state index contributed by atoms with van der Waals surface area (Å²) in [6, 6.07) is 14.5. The van der Waals surface area contributed by atoms with E-state index < -0.39 is 0 Å². The lowest BCUT2D eigenvalue weighted by atomic mass is 10.1.